The molecule has 0 fully saturated rings. The molecule has 5 heteroatoms. The van der Waals surface area contributed by atoms with Crippen molar-refractivity contribution in [2.24, 2.45) is 0 Å². The van der Waals surface area contributed by atoms with Crippen molar-refractivity contribution in [1.82, 2.24) is 8.75 Å². The molecule has 0 spiro atoms. The maximum atomic E-state index is 5.66. The molecule has 2 rings (SSSR count). The monoisotopic (exact) mass is 249 g/mol. The highest BCUT2D eigenvalue weighted by molar-refractivity contribution is 6.99. The summed E-state index contributed by atoms with van der Waals surface area (Å²) in [5, 5.41) is 3.03. The lowest BCUT2D eigenvalue weighted by Crippen LogP contribution is -2.05. The van der Waals surface area contributed by atoms with E-state index in [4.69, 9.17) is 4.74 Å². The summed E-state index contributed by atoms with van der Waals surface area (Å²) in [6.45, 7) is 4.02. The fraction of sp³-hybridized carbons (Fsp3) is 0.333. The van der Waals surface area contributed by atoms with E-state index in [0.717, 1.165) is 22.8 Å². The highest BCUT2D eigenvalue weighted by Gasteiger charge is 2.10. The van der Waals surface area contributed by atoms with Gasteiger partial charge in [-0.3, -0.25) is 0 Å². The molecule has 0 saturated heterocycles. The van der Waals surface area contributed by atoms with E-state index in [1.165, 1.54) is 11.7 Å². The van der Waals surface area contributed by atoms with Gasteiger partial charge >= 0.3 is 0 Å². The highest BCUT2D eigenvalue weighted by Crippen LogP contribution is 2.28. The van der Waals surface area contributed by atoms with Crippen LogP contribution in [0.1, 0.15) is 13.8 Å². The molecule has 4 nitrogen and oxygen atoms in total. The lowest BCUT2D eigenvalue weighted by molar-refractivity contribution is 0.242. The third-order valence-electron chi connectivity index (χ3n) is 2.20. The minimum absolute atomic E-state index is 0.169. The van der Waals surface area contributed by atoms with E-state index in [1.54, 1.807) is 0 Å². The Morgan fingerprint density at radius 2 is 2.12 bits per heavy atom. The number of aromatic nitrogens is 2. The summed E-state index contributed by atoms with van der Waals surface area (Å²) in [4.78, 5) is 0. The maximum Gasteiger partial charge on any atom is 0.167 e. The number of rotatable bonds is 4. The van der Waals surface area contributed by atoms with Crippen LogP contribution in [0.25, 0.3) is 11.3 Å². The molecule has 0 aliphatic heterocycles. The van der Waals surface area contributed by atoms with Crippen LogP contribution in [0.2, 0.25) is 0 Å². The van der Waals surface area contributed by atoms with Gasteiger partial charge in [-0.1, -0.05) is 12.1 Å². The molecule has 1 N–H and O–H groups in total. The van der Waals surface area contributed by atoms with Gasteiger partial charge in [0.1, 0.15) is 11.4 Å². The van der Waals surface area contributed by atoms with E-state index < -0.39 is 0 Å². The standard InChI is InChI=1S/C12H15N3OS/c1-8(2)16-10-6-4-5-9(7-10)11-12(13-3)15-17-14-11/h4-8H,1-3H3,(H,13,15). The summed E-state index contributed by atoms with van der Waals surface area (Å²) in [5.74, 6) is 1.66. The molecule has 17 heavy (non-hydrogen) atoms. The average Bonchev–Trinajstić information content (AvgIpc) is 2.76. The topological polar surface area (TPSA) is 47.0 Å². The molecule has 0 unspecified atom stereocenters. The van der Waals surface area contributed by atoms with Crippen LogP contribution in [0.15, 0.2) is 24.3 Å². The van der Waals surface area contributed by atoms with Crippen molar-refractivity contribution < 1.29 is 4.74 Å². The van der Waals surface area contributed by atoms with Gasteiger partial charge in [0.25, 0.3) is 0 Å². The van der Waals surface area contributed by atoms with Crippen LogP contribution < -0.4 is 10.1 Å². The number of nitrogens with one attached hydrogen (secondary N) is 1. The molecule has 0 bridgehead atoms. The van der Waals surface area contributed by atoms with Crippen molar-refractivity contribution in [2.45, 2.75) is 20.0 Å². The second-order valence-corrected chi connectivity index (χ2v) is 4.43. The van der Waals surface area contributed by atoms with Gasteiger partial charge in [0, 0.05) is 12.6 Å². The third-order valence-corrected chi connectivity index (χ3v) is 2.73. The molecule has 2 aromatic rings. The van der Waals surface area contributed by atoms with Crippen molar-refractivity contribution in [3.8, 4) is 17.0 Å². The predicted molar refractivity (Wildman–Crippen MR) is 70.7 cm³/mol. The van der Waals surface area contributed by atoms with Crippen LogP contribution in [0.5, 0.6) is 5.75 Å². The number of nitrogens with zero attached hydrogens (tertiary/aromatic N) is 2. The SMILES string of the molecule is CNc1nsnc1-c1cccc(OC(C)C)c1. The minimum Gasteiger partial charge on any atom is -0.491 e. The average molecular weight is 249 g/mol. The molecule has 0 atom stereocenters. The van der Waals surface area contributed by atoms with Crippen LogP contribution in [-0.4, -0.2) is 21.9 Å². The third kappa shape index (κ3) is 2.74. The highest BCUT2D eigenvalue weighted by atomic mass is 32.1. The Kier molecular flexibility index (Phi) is 3.58. The lowest BCUT2D eigenvalue weighted by Gasteiger charge is -2.10. The minimum atomic E-state index is 0.169. The molecule has 0 aliphatic carbocycles. The normalized spacial score (nSPS) is 10.6. The first kappa shape index (κ1) is 11.9. The number of ether oxygens (including phenoxy) is 1. The van der Waals surface area contributed by atoms with Crippen LogP contribution in [0, 0.1) is 0 Å². The summed E-state index contributed by atoms with van der Waals surface area (Å²) in [5.41, 5.74) is 1.88. The molecule has 1 heterocycles. The molecule has 1 aromatic heterocycles. The van der Waals surface area contributed by atoms with Gasteiger partial charge in [-0.2, -0.15) is 8.75 Å². The first-order chi connectivity index (χ1) is 8.20. The van der Waals surface area contributed by atoms with Crippen molar-refractivity contribution in [3.63, 3.8) is 0 Å². The summed E-state index contributed by atoms with van der Waals surface area (Å²) in [6, 6.07) is 7.90. The Labute approximate surface area is 105 Å². The van der Waals surface area contributed by atoms with Crippen LogP contribution >= 0.6 is 11.7 Å². The first-order valence-corrected chi connectivity index (χ1v) is 6.21. The largest absolute Gasteiger partial charge is 0.491 e. The predicted octanol–water partition coefficient (Wildman–Crippen LogP) is 3.03. The van der Waals surface area contributed by atoms with Gasteiger partial charge in [0.15, 0.2) is 5.82 Å². The summed E-state index contributed by atoms with van der Waals surface area (Å²) in [6.07, 6.45) is 0.169. The van der Waals surface area contributed by atoms with Crippen molar-refractivity contribution in [1.29, 1.82) is 0 Å². The number of hydrogen-bond acceptors (Lipinski definition) is 5. The summed E-state index contributed by atoms with van der Waals surface area (Å²) >= 11 is 1.20. The summed E-state index contributed by atoms with van der Waals surface area (Å²) in [7, 11) is 1.84. The Bertz CT molecular complexity index is 496. The fourth-order valence-corrected chi connectivity index (χ4v) is 2.10. The second-order valence-electron chi connectivity index (χ2n) is 3.91. The first-order valence-electron chi connectivity index (χ1n) is 5.48. The molecule has 0 aliphatic rings. The van der Waals surface area contributed by atoms with Crippen molar-refractivity contribution in [3.05, 3.63) is 24.3 Å². The Morgan fingerprint density at radius 1 is 1.29 bits per heavy atom. The maximum absolute atomic E-state index is 5.66. The van der Waals surface area contributed by atoms with Gasteiger partial charge in [0.05, 0.1) is 17.8 Å². The van der Waals surface area contributed by atoms with Gasteiger partial charge in [-0.05, 0) is 26.0 Å². The van der Waals surface area contributed by atoms with E-state index in [9.17, 15) is 0 Å². The van der Waals surface area contributed by atoms with Crippen LogP contribution in [-0.2, 0) is 0 Å². The van der Waals surface area contributed by atoms with Crippen molar-refractivity contribution >= 4 is 17.5 Å². The molecular weight excluding hydrogens is 234 g/mol. The van der Waals surface area contributed by atoms with Crippen molar-refractivity contribution in [2.75, 3.05) is 12.4 Å². The van der Waals surface area contributed by atoms with E-state index in [-0.39, 0.29) is 6.10 Å². The lowest BCUT2D eigenvalue weighted by atomic mass is 10.1. The zero-order valence-electron chi connectivity index (χ0n) is 10.1. The fourth-order valence-electron chi connectivity index (χ4n) is 1.53. The van der Waals surface area contributed by atoms with Gasteiger partial charge < -0.3 is 10.1 Å². The quantitative estimate of drug-likeness (QED) is 0.904. The number of anilines is 1. The van der Waals surface area contributed by atoms with Gasteiger partial charge in [-0.25, -0.2) is 0 Å². The van der Waals surface area contributed by atoms with Crippen LogP contribution in [0.4, 0.5) is 5.82 Å². The zero-order valence-corrected chi connectivity index (χ0v) is 10.9. The molecule has 1 aromatic carbocycles. The molecule has 0 radical (unpaired) electrons. The molecule has 0 saturated carbocycles. The summed E-state index contributed by atoms with van der Waals surface area (Å²) < 4.78 is 14.1. The number of hydrogen-bond donors (Lipinski definition) is 1. The van der Waals surface area contributed by atoms with Gasteiger partial charge in [-0.15, -0.1) is 0 Å². The Balaban J connectivity index is 2.33. The Morgan fingerprint density at radius 3 is 2.82 bits per heavy atom. The van der Waals surface area contributed by atoms with E-state index in [0.29, 0.717) is 0 Å². The van der Waals surface area contributed by atoms with Crippen LogP contribution in [0.3, 0.4) is 0 Å². The van der Waals surface area contributed by atoms with E-state index in [1.807, 2.05) is 45.2 Å². The number of benzene rings is 1. The second kappa shape index (κ2) is 5.14. The Hall–Kier alpha value is -1.62. The molecular formula is C12H15N3OS. The zero-order chi connectivity index (χ0) is 12.3. The smallest absolute Gasteiger partial charge is 0.167 e. The van der Waals surface area contributed by atoms with Gasteiger partial charge in [0.2, 0.25) is 0 Å². The van der Waals surface area contributed by atoms with E-state index >= 15 is 0 Å². The van der Waals surface area contributed by atoms with E-state index in [2.05, 4.69) is 14.1 Å². The molecule has 90 valence electrons. The molecule has 0 amide bonds.